The third-order valence-corrected chi connectivity index (χ3v) is 0.297. The minimum Gasteiger partial charge on any atom is -0.249 e. The summed E-state index contributed by atoms with van der Waals surface area (Å²) in [6, 6.07) is 0. The summed E-state index contributed by atoms with van der Waals surface area (Å²) in [6.45, 7) is 1.33. The molecule has 6 heavy (non-hydrogen) atoms. The molecule has 0 amide bonds. The standard InChI is InChI=1S/C2H6O4/c1-2(5-3)6-4/h2-4H,1H3. The highest BCUT2D eigenvalue weighted by Crippen LogP contribution is 1.82. The molecule has 0 rings (SSSR count). The second-order valence-corrected chi connectivity index (χ2v) is 0.778. The molecule has 0 aliphatic heterocycles. The molecule has 0 aliphatic rings. The molecule has 0 aliphatic carbocycles. The van der Waals surface area contributed by atoms with Crippen molar-refractivity contribution in [2.24, 2.45) is 0 Å². The molecular formula is C2H6O4. The summed E-state index contributed by atoms with van der Waals surface area (Å²) in [5.74, 6) is 0. The predicted octanol–water partition coefficient (Wildman–Crippen LogP) is 0.312. The second-order valence-electron chi connectivity index (χ2n) is 0.778. The largest absolute Gasteiger partial charge is 0.249 e. The summed E-state index contributed by atoms with van der Waals surface area (Å²) in [5, 5.41) is 15.1. The van der Waals surface area contributed by atoms with E-state index in [4.69, 9.17) is 10.5 Å². The molecule has 0 bridgehead atoms. The maximum Gasteiger partial charge on any atom is 0.221 e. The molecule has 0 spiro atoms. The van der Waals surface area contributed by atoms with Crippen LogP contribution in [0.3, 0.4) is 0 Å². The van der Waals surface area contributed by atoms with Crippen LogP contribution in [-0.2, 0) is 9.78 Å². The zero-order chi connectivity index (χ0) is 4.99. The smallest absolute Gasteiger partial charge is 0.221 e. The van der Waals surface area contributed by atoms with Crippen molar-refractivity contribution >= 4 is 0 Å². The molecule has 0 radical (unpaired) electrons. The third-order valence-electron chi connectivity index (χ3n) is 0.297. The van der Waals surface area contributed by atoms with Crippen molar-refractivity contribution in [1.82, 2.24) is 0 Å². The molecule has 4 nitrogen and oxygen atoms in total. The molecule has 4 heteroatoms. The lowest BCUT2D eigenvalue weighted by Crippen LogP contribution is -2.06. The van der Waals surface area contributed by atoms with E-state index in [9.17, 15) is 0 Å². The van der Waals surface area contributed by atoms with Crippen LogP contribution in [0.1, 0.15) is 6.92 Å². The first-order valence-corrected chi connectivity index (χ1v) is 1.41. The SMILES string of the molecule is CC(OO)OO. The highest BCUT2D eigenvalue weighted by molar-refractivity contribution is 4.10. The van der Waals surface area contributed by atoms with Crippen molar-refractivity contribution < 1.29 is 20.3 Å². The van der Waals surface area contributed by atoms with Crippen LogP contribution < -0.4 is 0 Å². The fourth-order valence-electron chi connectivity index (χ4n) is 0.0192. The minimum absolute atomic E-state index is 0.954. The zero-order valence-electron chi connectivity index (χ0n) is 3.29. The first kappa shape index (κ1) is 5.84. The third kappa shape index (κ3) is 2.10. The number of rotatable bonds is 2. The molecule has 0 aromatic carbocycles. The molecule has 0 aromatic heterocycles. The van der Waals surface area contributed by atoms with E-state index in [1.54, 1.807) is 0 Å². The Morgan fingerprint density at radius 3 is 1.67 bits per heavy atom. The molecule has 0 saturated carbocycles. The van der Waals surface area contributed by atoms with E-state index in [0.717, 1.165) is 0 Å². The van der Waals surface area contributed by atoms with Crippen molar-refractivity contribution in [3.63, 3.8) is 0 Å². The summed E-state index contributed by atoms with van der Waals surface area (Å²) in [6.07, 6.45) is -0.954. The fourth-order valence-corrected chi connectivity index (χ4v) is 0.0192. The van der Waals surface area contributed by atoms with Gasteiger partial charge in [-0.05, 0) is 6.92 Å². The van der Waals surface area contributed by atoms with E-state index < -0.39 is 6.29 Å². The molecule has 0 fully saturated rings. The topological polar surface area (TPSA) is 58.9 Å². The Morgan fingerprint density at radius 1 is 1.33 bits per heavy atom. The first-order chi connectivity index (χ1) is 2.81. The Hall–Kier alpha value is -0.160. The summed E-state index contributed by atoms with van der Waals surface area (Å²) in [4.78, 5) is 6.85. The summed E-state index contributed by atoms with van der Waals surface area (Å²) in [7, 11) is 0. The van der Waals surface area contributed by atoms with E-state index in [0.29, 0.717) is 0 Å². The van der Waals surface area contributed by atoms with Crippen molar-refractivity contribution in [3.8, 4) is 0 Å². The normalized spacial score (nSPS) is 10.0. The van der Waals surface area contributed by atoms with Crippen LogP contribution in [0.2, 0.25) is 0 Å². The van der Waals surface area contributed by atoms with Gasteiger partial charge in [0.1, 0.15) is 0 Å². The fraction of sp³-hybridized carbons (Fsp3) is 1.00. The van der Waals surface area contributed by atoms with E-state index in [1.165, 1.54) is 6.92 Å². The highest BCUT2D eigenvalue weighted by atomic mass is 17.2. The number of hydrogen-bond acceptors (Lipinski definition) is 4. The molecule has 0 unspecified atom stereocenters. The van der Waals surface area contributed by atoms with Crippen LogP contribution in [-0.4, -0.2) is 16.8 Å². The lowest BCUT2D eigenvalue weighted by molar-refractivity contribution is -0.425. The van der Waals surface area contributed by atoms with Crippen LogP contribution in [0.5, 0.6) is 0 Å². The first-order valence-electron chi connectivity index (χ1n) is 1.41. The van der Waals surface area contributed by atoms with Gasteiger partial charge in [-0.3, -0.25) is 0 Å². The lowest BCUT2D eigenvalue weighted by Gasteiger charge is -1.97. The van der Waals surface area contributed by atoms with Gasteiger partial charge in [0.15, 0.2) is 0 Å². The maximum atomic E-state index is 7.55. The van der Waals surface area contributed by atoms with Gasteiger partial charge in [-0.15, -0.1) is 0 Å². The van der Waals surface area contributed by atoms with Crippen molar-refractivity contribution in [2.75, 3.05) is 0 Å². The Labute approximate surface area is 34.8 Å². The van der Waals surface area contributed by atoms with Crippen molar-refractivity contribution in [2.45, 2.75) is 13.2 Å². The van der Waals surface area contributed by atoms with E-state index >= 15 is 0 Å². The van der Waals surface area contributed by atoms with Gasteiger partial charge in [-0.25, -0.2) is 20.3 Å². The average molecular weight is 94.1 g/mol. The second kappa shape index (κ2) is 3.05. The molecule has 0 aromatic rings. The predicted molar refractivity (Wildman–Crippen MR) is 16.9 cm³/mol. The Morgan fingerprint density at radius 2 is 1.67 bits per heavy atom. The molecular weight excluding hydrogens is 88.0 g/mol. The van der Waals surface area contributed by atoms with Crippen LogP contribution in [0, 0.1) is 0 Å². The van der Waals surface area contributed by atoms with Gasteiger partial charge in [0, 0.05) is 0 Å². The average Bonchev–Trinajstić information content (AvgIpc) is 1.65. The quantitative estimate of drug-likeness (QED) is 0.294. The van der Waals surface area contributed by atoms with Gasteiger partial charge >= 0.3 is 0 Å². The van der Waals surface area contributed by atoms with Gasteiger partial charge in [0.25, 0.3) is 0 Å². The molecule has 38 valence electrons. The van der Waals surface area contributed by atoms with E-state index in [1.807, 2.05) is 0 Å². The Bertz CT molecular complexity index is 24.7. The van der Waals surface area contributed by atoms with Crippen LogP contribution in [0.15, 0.2) is 0 Å². The van der Waals surface area contributed by atoms with Crippen LogP contribution in [0.4, 0.5) is 0 Å². The molecule has 0 atom stereocenters. The highest BCUT2D eigenvalue weighted by Gasteiger charge is 1.93. The van der Waals surface area contributed by atoms with Gasteiger partial charge in [0.05, 0.1) is 0 Å². The number of hydrogen-bond donors (Lipinski definition) is 2. The van der Waals surface area contributed by atoms with Crippen molar-refractivity contribution in [1.29, 1.82) is 0 Å². The van der Waals surface area contributed by atoms with Crippen molar-refractivity contribution in [3.05, 3.63) is 0 Å². The molecule has 0 saturated heterocycles. The van der Waals surface area contributed by atoms with Crippen LogP contribution in [0.25, 0.3) is 0 Å². The Kier molecular flexibility index (Phi) is 2.97. The van der Waals surface area contributed by atoms with Gasteiger partial charge in [0.2, 0.25) is 6.29 Å². The summed E-state index contributed by atoms with van der Waals surface area (Å²) < 4.78 is 0. The molecule has 0 heterocycles. The molecule has 2 N–H and O–H groups in total. The van der Waals surface area contributed by atoms with E-state index in [2.05, 4.69) is 9.78 Å². The lowest BCUT2D eigenvalue weighted by atomic mass is 10.8. The zero-order valence-corrected chi connectivity index (χ0v) is 3.29. The van der Waals surface area contributed by atoms with Gasteiger partial charge in [-0.2, -0.15) is 0 Å². The van der Waals surface area contributed by atoms with E-state index in [-0.39, 0.29) is 0 Å². The minimum atomic E-state index is -0.954. The Balaban J connectivity index is 2.75. The maximum absolute atomic E-state index is 7.55. The monoisotopic (exact) mass is 94.0 g/mol. The van der Waals surface area contributed by atoms with Crippen LogP contribution >= 0.6 is 0 Å². The van der Waals surface area contributed by atoms with Gasteiger partial charge in [-0.1, -0.05) is 0 Å². The summed E-state index contributed by atoms with van der Waals surface area (Å²) in [5.41, 5.74) is 0. The summed E-state index contributed by atoms with van der Waals surface area (Å²) >= 11 is 0. The van der Waals surface area contributed by atoms with Gasteiger partial charge < -0.3 is 0 Å².